The van der Waals surface area contributed by atoms with Gasteiger partial charge in [0, 0.05) is 37.2 Å². The van der Waals surface area contributed by atoms with Gasteiger partial charge in [-0.15, -0.1) is 0 Å². The summed E-state index contributed by atoms with van der Waals surface area (Å²) >= 11 is 0. The van der Waals surface area contributed by atoms with Gasteiger partial charge in [-0.1, -0.05) is 30.3 Å². The van der Waals surface area contributed by atoms with Gasteiger partial charge in [0.05, 0.1) is 34.6 Å². The predicted octanol–water partition coefficient (Wildman–Crippen LogP) is 5.09. The van der Waals surface area contributed by atoms with Gasteiger partial charge in [-0.05, 0) is 45.1 Å². The molecule has 9 nitrogen and oxygen atoms in total. The fourth-order valence-electron chi connectivity index (χ4n) is 6.14. The van der Waals surface area contributed by atoms with Crippen LogP contribution in [0.15, 0.2) is 36.4 Å². The average Bonchev–Trinajstić information content (AvgIpc) is 3.49. The minimum absolute atomic E-state index is 0.0998. The van der Waals surface area contributed by atoms with E-state index in [0.29, 0.717) is 60.1 Å². The van der Waals surface area contributed by atoms with Gasteiger partial charge >= 0.3 is 0 Å². The average molecular weight is 526 g/mol. The lowest BCUT2D eigenvalue weighted by atomic mass is 9.78. The smallest absolute Gasteiger partial charge is 0.228 e. The van der Waals surface area contributed by atoms with Crippen molar-refractivity contribution >= 4 is 16.7 Å². The highest BCUT2D eigenvalue weighted by atomic mass is 16.5. The van der Waals surface area contributed by atoms with E-state index in [0.717, 1.165) is 22.0 Å². The standard InChI is InChI=1S/C30H31N5O4/c1-17-18(2)32-28(34(4)5)33-25(17)38-15-14-30-13-12-29(3,39-30)23-24(30)27(37)35(26(23)36)22-11-10-19-8-6-7-9-20(19)21(22)16-31/h6-11,36-37H,12-15H2,1-5H3. The van der Waals surface area contributed by atoms with Crippen LogP contribution in [-0.4, -0.2) is 45.5 Å². The Morgan fingerprint density at radius 2 is 1.82 bits per heavy atom. The molecule has 39 heavy (non-hydrogen) atoms. The number of hydrogen-bond donors (Lipinski definition) is 2. The number of aromatic nitrogens is 3. The first-order chi connectivity index (χ1) is 18.6. The number of benzene rings is 2. The summed E-state index contributed by atoms with van der Waals surface area (Å²) in [5.74, 6) is 0.877. The van der Waals surface area contributed by atoms with E-state index in [-0.39, 0.29) is 11.8 Å². The van der Waals surface area contributed by atoms with Crippen molar-refractivity contribution in [3.05, 3.63) is 64.3 Å². The van der Waals surface area contributed by atoms with Gasteiger partial charge in [-0.25, -0.2) is 9.55 Å². The molecule has 2 bridgehead atoms. The normalized spacial score (nSPS) is 21.2. The molecule has 0 amide bonds. The zero-order valence-electron chi connectivity index (χ0n) is 22.7. The number of aryl methyl sites for hydroxylation is 1. The summed E-state index contributed by atoms with van der Waals surface area (Å²) in [4.78, 5) is 10.9. The Morgan fingerprint density at radius 1 is 1.08 bits per heavy atom. The Balaban J connectivity index is 1.39. The van der Waals surface area contributed by atoms with Crippen molar-refractivity contribution in [1.29, 1.82) is 5.26 Å². The van der Waals surface area contributed by atoms with E-state index in [1.807, 2.05) is 70.1 Å². The fraction of sp³-hybridized carbons (Fsp3) is 0.367. The Hall–Kier alpha value is -4.29. The molecule has 6 rings (SSSR count). The highest BCUT2D eigenvalue weighted by Crippen LogP contribution is 2.65. The van der Waals surface area contributed by atoms with Gasteiger partial charge in [0.25, 0.3) is 0 Å². The first-order valence-electron chi connectivity index (χ1n) is 13.1. The highest BCUT2D eigenvalue weighted by Gasteiger charge is 2.61. The Morgan fingerprint density at radius 3 is 2.56 bits per heavy atom. The maximum Gasteiger partial charge on any atom is 0.228 e. The Labute approximate surface area is 226 Å². The molecule has 1 saturated heterocycles. The Bertz CT molecular complexity index is 1690. The Kier molecular flexibility index (Phi) is 5.52. The quantitative estimate of drug-likeness (QED) is 0.358. The number of nitrogens with zero attached hydrogens (tertiary/aromatic N) is 5. The molecular weight excluding hydrogens is 494 g/mol. The van der Waals surface area contributed by atoms with Crippen molar-refractivity contribution in [2.24, 2.45) is 0 Å². The fourth-order valence-corrected chi connectivity index (χ4v) is 6.14. The lowest BCUT2D eigenvalue weighted by Gasteiger charge is -2.26. The number of hydrogen-bond acceptors (Lipinski definition) is 8. The van der Waals surface area contributed by atoms with E-state index in [2.05, 4.69) is 16.0 Å². The molecule has 2 aromatic heterocycles. The third-order valence-electron chi connectivity index (χ3n) is 8.27. The SMILES string of the molecule is Cc1nc(N(C)C)nc(OCCC23CCC(C)(O2)c2c3c(O)n(-c3ccc4ccccc4c3C#N)c2O)c1C. The van der Waals surface area contributed by atoms with Crippen LogP contribution in [0.25, 0.3) is 16.5 Å². The molecule has 0 radical (unpaired) electrons. The van der Waals surface area contributed by atoms with Crippen LogP contribution >= 0.6 is 0 Å². The van der Waals surface area contributed by atoms with Gasteiger partial charge in [-0.3, -0.25) is 0 Å². The number of rotatable bonds is 6. The molecule has 9 heteroatoms. The van der Waals surface area contributed by atoms with Gasteiger partial charge in [0.15, 0.2) is 0 Å². The summed E-state index contributed by atoms with van der Waals surface area (Å²) in [5.41, 5.74) is 2.08. The third-order valence-corrected chi connectivity index (χ3v) is 8.27. The van der Waals surface area contributed by atoms with E-state index in [1.54, 1.807) is 6.07 Å². The number of fused-ring (bicyclic) bond motifs is 6. The largest absolute Gasteiger partial charge is 0.494 e. The second-order valence-corrected chi connectivity index (χ2v) is 10.9. The number of ether oxygens (including phenoxy) is 2. The van der Waals surface area contributed by atoms with Gasteiger partial charge in [0.1, 0.15) is 11.7 Å². The van der Waals surface area contributed by atoms with Gasteiger partial charge < -0.3 is 24.6 Å². The van der Waals surface area contributed by atoms with E-state index < -0.39 is 11.2 Å². The van der Waals surface area contributed by atoms with Crippen LogP contribution in [0.1, 0.15) is 54.1 Å². The monoisotopic (exact) mass is 525 g/mol. The molecule has 0 spiro atoms. The molecular formula is C30H31N5O4. The van der Waals surface area contributed by atoms with Crippen LogP contribution in [0, 0.1) is 25.2 Å². The van der Waals surface area contributed by atoms with Gasteiger partial charge in [0.2, 0.25) is 23.6 Å². The van der Waals surface area contributed by atoms with Gasteiger partial charge in [-0.2, -0.15) is 10.2 Å². The van der Waals surface area contributed by atoms with E-state index in [1.165, 1.54) is 4.57 Å². The van der Waals surface area contributed by atoms with Crippen LogP contribution < -0.4 is 9.64 Å². The molecule has 1 fully saturated rings. The molecule has 0 aliphatic carbocycles. The van der Waals surface area contributed by atoms with Crippen molar-refractivity contribution < 1.29 is 19.7 Å². The van der Waals surface area contributed by atoms with Crippen LogP contribution in [0.5, 0.6) is 17.6 Å². The minimum atomic E-state index is -0.832. The summed E-state index contributed by atoms with van der Waals surface area (Å²) in [6, 6.07) is 13.5. The molecule has 4 aromatic rings. The first kappa shape index (κ1) is 25.0. The molecule has 0 saturated carbocycles. The number of nitriles is 1. The van der Waals surface area contributed by atoms with Crippen molar-refractivity contribution in [3.63, 3.8) is 0 Å². The molecule has 2 atom stereocenters. The van der Waals surface area contributed by atoms with Crippen LogP contribution in [0.4, 0.5) is 5.95 Å². The summed E-state index contributed by atoms with van der Waals surface area (Å²) < 4.78 is 14.1. The maximum atomic E-state index is 11.6. The highest BCUT2D eigenvalue weighted by molar-refractivity contribution is 5.91. The molecule has 4 heterocycles. The van der Waals surface area contributed by atoms with Crippen molar-refractivity contribution in [2.75, 3.05) is 25.6 Å². The molecule has 2 N–H and O–H groups in total. The van der Waals surface area contributed by atoms with E-state index in [9.17, 15) is 15.5 Å². The number of anilines is 1. The summed E-state index contributed by atoms with van der Waals surface area (Å²) in [5, 5.41) is 34.8. The summed E-state index contributed by atoms with van der Waals surface area (Å²) in [6.45, 7) is 6.10. The lowest BCUT2D eigenvalue weighted by Crippen LogP contribution is -2.26. The molecule has 200 valence electrons. The molecule has 2 aliphatic rings. The van der Waals surface area contributed by atoms with E-state index in [4.69, 9.17) is 9.47 Å². The zero-order chi connectivity index (χ0) is 27.7. The van der Waals surface area contributed by atoms with Crippen molar-refractivity contribution in [1.82, 2.24) is 14.5 Å². The minimum Gasteiger partial charge on any atom is -0.494 e. The molecule has 2 aromatic carbocycles. The molecule has 2 unspecified atom stereocenters. The van der Waals surface area contributed by atoms with Crippen molar-refractivity contribution in [2.45, 2.75) is 51.2 Å². The van der Waals surface area contributed by atoms with Crippen molar-refractivity contribution in [3.8, 4) is 29.4 Å². The third kappa shape index (κ3) is 3.55. The van der Waals surface area contributed by atoms with E-state index >= 15 is 0 Å². The van der Waals surface area contributed by atoms with Crippen LogP contribution in [0.3, 0.4) is 0 Å². The molecule has 2 aliphatic heterocycles. The predicted molar refractivity (Wildman–Crippen MR) is 147 cm³/mol. The second-order valence-electron chi connectivity index (χ2n) is 10.9. The number of aromatic hydroxyl groups is 2. The van der Waals surface area contributed by atoms with Crippen LogP contribution in [0.2, 0.25) is 0 Å². The zero-order valence-corrected chi connectivity index (χ0v) is 22.7. The summed E-state index contributed by atoms with van der Waals surface area (Å²) in [6.07, 6.45) is 1.82. The maximum absolute atomic E-state index is 11.6. The lowest BCUT2D eigenvalue weighted by molar-refractivity contribution is -0.0877. The summed E-state index contributed by atoms with van der Waals surface area (Å²) in [7, 11) is 3.76. The second kappa shape index (κ2) is 8.61. The topological polar surface area (TPSA) is 117 Å². The first-order valence-corrected chi connectivity index (χ1v) is 13.1. The van der Waals surface area contributed by atoms with Crippen LogP contribution in [-0.2, 0) is 15.9 Å².